The zero-order chi connectivity index (χ0) is 27.4. The van der Waals surface area contributed by atoms with E-state index in [1.54, 1.807) is 30.3 Å². The van der Waals surface area contributed by atoms with Gasteiger partial charge in [0.15, 0.2) is 0 Å². The number of amides is 2. The van der Waals surface area contributed by atoms with Crippen LogP contribution in [0.25, 0.3) is 0 Å². The fourth-order valence-electron chi connectivity index (χ4n) is 4.95. The number of urea groups is 1. The highest BCUT2D eigenvalue weighted by molar-refractivity contribution is 6.30. The number of pyridine rings is 1. The Morgan fingerprint density at radius 3 is 2.32 bits per heavy atom. The lowest BCUT2D eigenvalue weighted by Gasteiger charge is -2.39. The van der Waals surface area contributed by atoms with Crippen molar-refractivity contribution in [1.29, 1.82) is 0 Å². The van der Waals surface area contributed by atoms with E-state index in [4.69, 9.17) is 18.0 Å². The Kier molecular flexibility index (Phi) is 7.98. The van der Waals surface area contributed by atoms with Crippen LogP contribution in [0.3, 0.4) is 0 Å². The molecule has 1 heterocycles. The number of hydrogen-bond acceptors (Lipinski definition) is 2. The van der Waals surface area contributed by atoms with Crippen molar-refractivity contribution in [2.24, 2.45) is 0 Å². The topological polar surface area (TPSA) is 54.0 Å². The van der Waals surface area contributed by atoms with Crippen LogP contribution >= 0.6 is 11.6 Å². The number of aromatic nitrogens is 1. The van der Waals surface area contributed by atoms with E-state index in [0.29, 0.717) is 24.5 Å². The molecule has 3 aromatic rings. The predicted molar refractivity (Wildman–Crippen MR) is 138 cm³/mol. The number of halogens is 5. The maximum absolute atomic E-state index is 14.7. The predicted octanol–water partition coefficient (Wildman–Crippen LogP) is 7.01. The molecule has 1 aliphatic carbocycles. The second-order valence-electron chi connectivity index (χ2n) is 9.52. The van der Waals surface area contributed by atoms with Gasteiger partial charge in [-0.25, -0.2) is 9.18 Å². The van der Waals surface area contributed by atoms with Crippen molar-refractivity contribution in [2.75, 3.05) is 0 Å². The van der Waals surface area contributed by atoms with Gasteiger partial charge in [-0.05, 0) is 54.3 Å². The fourth-order valence-corrected chi connectivity index (χ4v) is 5.07. The third-order valence-electron chi connectivity index (χ3n) is 6.86. The van der Waals surface area contributed by atoms with E-state index in [-0.39, 0.29) is 22.7 Å². The SMILES string of the molecule is C#CC1(NC(=O)N[C@@](Cc2ccccc2)(c2cc(F)cc(C(F)(F)F)c2)c2ccc(Cl)cn2)CCCCC1. The van der Waals surface area contributed by atoms with Crippen LogP contribution in [0.1, 0.15) is 54.5 Å². The van der Waals surface area contributed by atoms with Gasteiger partial charge in [0.25, 0.3) is 0 Å². The summed E-state index contributed by atoms with van der Waals surface area (Å²) in [6, 6.07) is 13.4. The molecule has 38 heavy (non-hydrogen) atoms. The van der Waals surface area contributed by atoms with Gasteiger partial charge in [-0.2, -0.15) is 13.2 Å². The normalized spacial score (nSPS) is 16.6. The van der Waals surface area contributed by atoms with E-state index >= 15 is 0 Å². The highest BCUT2D eigenvalue weighted by Gasteiger charge is 2.42. The van der Waals surface area contributed by atoms with Gasteiger partial charge in [-0.1, -0.05) is 67.1 Å². The monoisotopic (exact) mass is 543 g/mol. The lowest BCUT2D eigenvalue weighted by Crippen LogP contribution is -2.58. The summed E-state index contributed by atoms with van der Waals surface area (Å²) in [4.78, 5) is 17.9. The largest absolute Gasteiger partial charge is 0.416 e. The van der Waals surface area contributed by atoms with Gasteiger partial charge in [-0.3, -0.25) is 4.98 Å². The quantitative estimate of drug-likeness (QED) is 0.259. The molecule has 0 aliphatic heterocycles. The summed E-state index contributed by atoms with van der Waals surface area (Å²) in [5, 5.41) is 6.02. The van der Waals surface area contributed by atoms with Gasteiger partial charge in [0, 0.05) is 12.6 Å². The van der Waals surface area contributed by atoms with E-state index in [1.165, 1.54) is 18.3 Å². The molecule has 2 aromatic carbocycles. The summed E-state index contributed by atoms with van der Waals surface area (Å²) in [7, 11) is 0. The molecule has 0 spiro atoms. The Hall–Kier alpha value is -3.57. The van der Waals surface area contributed by atoms with Gasteiger partial charge < -0.3 is 10.6 Å². The van der Waals surface area contributed by atoms with Crippen molar-refractivity contribution < 1.29 is 22.4 Å². The molecule has 0 unspecified atom stereocenters. The molecule has 1 saturated carbocycles. The molecular weight excluding hydrogens is 518 g/mol. The number of carbonyl (C=O) groups is 1. The molecule has 2 N–H and O–H groups in total. The minimum absolute atomic E-state index is 0.0281. The number of terminal acetylenes is 1. The molecule has 0 radical (unpaired) electrons. The van der Waals surface area contributed by atoms with Crippen LogP contribution in [-0.2, 0) is 18.1 Å². The summed E-state index contributed by atoms with van der Waals surface area (Å²) in [5.41, 5.74) is -3.06. The number of hydrogen-bond donors (Lipinski definition) is 2. The van der Waals surface area contributed by atoms with Gasteiger partial charge in [0.2, 0.25) is 0 Å². The molecular formula is C29H26ClF4N3O. The molecule has 0 saturated heterocycles. The first-order valence-corrected chi connectivity index (χ1v) is 12.6. The number of carbonyl (C=O) groups excluding carboxylic acids is 1. The standard InChI is InChI=1S/C29H26ClF4N3O/c1-2-27(13-7-4-8-14-27)36-26(38)37-28(18-20-9-5-3-6-10-20,25-12-11-23(30)19-35-25)21-15-22(29(32,33)34)17-24(31)16-21/h1,3,5-6,9-12,15-17,19H,4,7-8,13-14,18H2,(H2,36,37,38)/t28-/m0/s1. The molecule has 0 bridgehead atoms. The van der Waals surface area contributed by atoms with Crippen LogP contribution in [0, 0.1) is 18.2 Å². The van der Waals surface area contributed by atoms with Crippen molar-refractivity contribution in [3.05, 3.63) is 100 Å². The minimum atomic E-state index is -4.82. The van der Waals surface area contributed by atoms with Crippen LogP contribution in [0.15, 0.2) is 66.9 Å². The highest BCUT2D eigenvalue weighted by Crippen LogP contribution is 2.38. The maximum Gasteiger partial charge on any atom is 0.416 e. The summed E-state index contributed by atoms with van der Waals surface area (Å²) in [6.07, 6.45) is 6.07. The van der Waals surface area contributed by atoms with Crippen molar-refractivity contribution in [2.45, 2.75) is 55.8 Å². The lowest BCUT2D eigenvalue weighted by molar-refractivity contribution is -0.137. The van der Waals surface area contributed by atoms with Gasteiger partial charge in [-0.15, -0.1) is 6.42 Å². The van der Waals surface area contributed by atoms with Crippen LogP contribution in [0.2, 0.25) is 5.02 Å². The van der Waals surface area contributed by atoms with Crippen LogP contribution < -0.4 is 10.6 Å². The molecule has 2 amide bonds. The van der Waals surface area contributed by atoms with Crippen molar-refractivity contribution >= 4 is 17.6 Å². The fraction of sp³-hybridized carbons (Fsp3) is 0.310. The second-order valence-corrected chi connectivity index (χ2v) is 9.96. The number of nitrogens with zero attached hydrogens (tertiary/aromatic N) is 1. The second kappa shape index (κ2) is 11.0. The Bertz CT molecular complexity index is 1320. The van der Waals surface area contributed by atoms with E-state index in [1.807, 2.05) is 0 Å². The molecule has 1 fully saturated rings. The first-order chi connectivity index (χ1) is 18.1. The van der Waals surface area contributed by atoms with Crippen LogP contribution in [-0.4, -0.2) is 16.6 Å². The van der Waals surface area contributed by atoms with Gasteiger partial charge in [0.05, 0.1) is 16.3 Å². The molecule has 4 nitrogen and oxygen atoms in total. The average molecular weight is 544 g/mol. The summed E-state index contributed by atoms with van der Waals surface area (Å²) in [5.74, 6) is 1.59. The Morgan fingerprint density at radius 2 is 1.71 bits per heavy atom. The van der Waals surface area contributed by atoms with Gasteiger partial charge >= 0.3 is 12.2 Å². The smallest absolute Gasteiger partial charge is 0.323 e. The number of nitrogens with one attached hydrogen (secondary N) is 2. The Balaban J connectivity index is 1.89. The molecule has 4 rings (SSSR count). The van der Waals surface area contributed by atoms with Crippen molar-refractivity contribution in [3.63, 3.8) is 0 Å². The number of benzene rings is 2. The van der Waals surface area contributed by atoms with Crippen molar-refractivity contribution in [1.82, 2.24) is 15.6 Å². The maximum atomic E-state index is 14.7. The first-order valence-electron chi connectivity index (χ1n) is 12.2. The van der Waals surface area contributed by atoms with E-state index in [0.717, 1.165) is 31.4 Å². The van der Waals surface area contributed by atoms with E-state index in [9.17, 15) is 22.4 Å². The summed E-state index contributed by atoms with van der Waals surface area (Å²) >= 11 is 6.06. The zero-order valence-electron chi connectivity index (χ0n) is 20.4. The average Bonchev–Trinajstić information content (AvgIpc) is 2.89. The third kappa shape index (κ3) is 6.11. The highest BCUT2D eigenvalue weighted by atomic mass is 35.5. The molecule has 1 aromatic heterocycles. The minimum Gasteiger partial charge on any atom is -0.323 e. The first kappa shape index (κ1) is 27.5. The number of alkyl halides is 3. The summed E-state index contributed by atoms with van der Waals surface area (Å²) < 4.78 is 56.0. The zero-order valence-corrected chi connectivity index (χ0v) is 21.2. The molecule has 198 valence electrons. The Morgan fingerprint density at radius 1 is 1.03 bits per heavy atom. The van der Waals surface area contributed by atoms with E-state index < -0.39 is 34.7 Å². The third-order valence-corrected chi connectivity index (χ3v) is 7.08. The van der Waals surface area contributed by atoms with Crippen LogP contribution in [0.4, 0.5) is 22.4 Å². The van der Waals surface area contributed by atoms with Crippen LogP contribution in [0.5, 0.6) is 0 Å². The molecule has 9 heteroatoms. The Labute approximate surface area is 223 Å². The van der Waals surface area contributed by atoms with Crippen molar-refractivity contribution in [3.8, 4) is 12.3 Å². The molecule has 1 aliphatic rings. The summed E-state index contributed by atoms with van der Waals surface area (Å²) in [6.45, 7) is 0. The molecule has 1 atom stereocenters. The number of rotatable bonds is 6. The lowest BCUT2D eigenvalue weighted by atomic mass is 9.79. The van der Waals surface area contributed by atoms with E-state index in [2.05, 4.69) is 21.5 Å². The van der Waals surface area contributed by atoms with Gasteiger partial charge in [0.1, 0.15) is 16.9 Å².